The molecule has 1 aliphatic carbocycles. The molecule has 186 valence electrons. The van der Waals surface area contributed by atoms with Crippen LogP contribution in [0.1, 0.15) is 64.9 Å². The third-order valence-electron chi connectivity index (χ3n) is 6.44. The Labute approximate surface area is 200 Å². The number of hydrogen-bond donors (Lipinski definition) is 2. The van der Waals surface area contributed by atoms with Crippen molar-refractivity contribution in [2.24, 2.45) is 5.92 Å². The molecule has 0 spiro atoms. The van der Waals surface area contributed by atoms with Crippen molar-refractivity contribution in [1.82, 2.24) is 20.2 Å². The van der Waals surface area contributed by atoms with Crippen LogP contribution < -0.4 is 10.6 Å². The van der Waals surface area contributed by atoms with Gasteiger partial charge in [0.2, 0.25) is 5.91 Å². The Morgan fingerprint density at radius 1 is 0.971 bits per heavy atom. The largest absolute Gasteiger partial charge is 0.416 e. The summed E-state index contributed by atoms with van der Waals surface area (Å²) in [4.78, 5) is 47.7. The summed E-state index contributed by atoms with van der Waals surface area (Å²) >= 11 is 0. The van der Waals surface area contributed by atoms with Crippen LogP contribution in [0.5, 0.6) is 0 Å². The number of carbonyl (C=O) groups is 3. The zero-order chi connectivity index (χ0) is 25.0. The third kappa shape index (κ3) is 5.95. The van der Waals surface area contributed by atoms with Crippen molar-refractivity contribution >= 4 is 23.5 Å². The number of aromatic nitrogens is 2. The summed E-state index contributed by atoms with van der Waals surface area (Å²) in [5.41, 5.74) is -0.879. The fraction of sp³-hybridized carbons (Fsp3) is 0.458. The molecule has 2 heterocycles. The van der Waals surface area contributed by atoms with E-state index < -0.39 is 23.6 Å². The molecule has 35 heavy (non-hydrogen) atoms. The Bertz CT molecular complexity index is 1090. The van der Waals surface area contributed by atoms with Crippen molar-refractivity contribution in [2.45, 2.75) is 50.7 Å². The maximum atomic E-state index is 13.0. The highest BCUT2D eigenvalue weighted by molar-refractivity contribution is 6.01. The van der Waals surface area contributed by atoms with E-state index in [1.165, 1.54) is 29.4 Å². The molecular formula is C24H26F3N5O3. The van der Waals surface area contributed by atoms with Crippen molar-refractivity contribution < 1.29 is 27.6 Å². The molecule has 0 atom stereocenters. The lowest BCUT2D eigenvalue weighted by Gasteiger charge is -2.32. The quantitative estimate of drug-likeness (QED) is 0.667. The molecule has 0 bridgehead atoms. The van der Waals surface area contributed by atoms with Gasteiger partial charge in [0.15, 0.2) is 11.5 Å². The molecule has 8 nitrogen and oxygen atoms in total. The molecule has 1 saturated heterocycles. The molecule has 0 unspecified atom stereocenters. The Kier molecular flexibility index (Phi) is 7.32. The van der Waals surface area contributed by atoms with Crippen LogP contribution >= 0.6 is 0 Å². The molecule has 11 heteroatoms. The summed E-state index contributed by atoms with van der Waals surface area (Å²) < 4.78 is 38.9. The van der Waals surface area contributed by atoms with E-state index in [9.17, 15) is 27.6 Å². The number of halogens is 3. The number of benzene rings is 1. The van der Waals surface area contributed by atoms with Crippen LogP contribution in [0.15, 0.2) is 36.7 Å². The first-order chi connectivity index (χ1) is 16.7. The first-order valence-corrected chi connectivity index (χ1v) is 11.6. The van der Waals surface area contributed by atoms with Gasteiger partial charge in [-0.1, -0.05) is 18.9 Å². The number of hydrogen-bond acceptors (Lipinski definition) is 5. The van der Waals surface area contributed by atoms with Gasteiger partial charge in [-0.3, -0.25) is 14.4 Å². The van der Waals surface area contributed by atoms with Gasteiger partial charge in [-0.25, -0.2) is 9.97 Å². The second-order valence-corrected chi connectivity index (χ2v) is 8.84. The number of anilines is 1. The van der Waals surface area contributed by atoms with Crippen LogP contribution in [0.2, 0.25) is 0 Å². The normalized spacial score (nSPS) is 17.3. The topological polar surface area (TPSA) is 104 Å². The molecule has 2 fully saturated rings. The second kappa shape index (κ2) is 10.4. The highest BCUT2D eigenvalue weighted by Crippen LogP contribution is 2.30. The van der Waals surface area contributed by atoms with Gasteiger partial charge in [0.05, 0.1) is 5.56 Å². The lowest BCUT2D eigenvalue weighted by Crippen LogP contribution is -2.46. The lowest BCUT2D eigenvalue weighted by molar-refractivity contribution is -0.137. The number of alkyl halides is 3. The summed E-state index contributed by atoms with van der Waals surface area (Å²) in [5, 5.41) is 5.59. The maximum absolute atomic E-state index is 13.0. The minimum absolute atomic E-state index is 0.0151. The van der Waals surface area contributed by atoms with Crippen LogP contribution in [0, 0.1) is 5.92 Å². The molecule has 1 aliphatic heterocycles. The fourth-order valence-corrected chi connectivity index (χ4v) is 4.49. The first-order valence-electron chi connectivity index (χ1n) is 11.6. The van der Waals surface area contributed by atoms with Crippen LogP contribution in [-0.2, 0) is 11.0 Å². The Balaban J connectivity index is 1.34. The van der Waals surface area contributed by atoms with Gasteiger partial charge in [-0.2, -0.15) is 13.2 Å². The summed E-state index contributed by atoms with van der Waals surface area (Å²) in [5.74, 6) is -1.11. The fourth-order valence-electron chi connectivity index (χ4n) is 4.49. The molecular weight excluding hydrogens is 463 g/mol. The molecule has 2 aliphatic rings. The van der Waals surface area contributed by atoms with Gasteiger partial charge in [0.25, 0.3) is 11.8 Å². The molecule has 2 aromatic rings. The number of likely N-dealkylation sites (tertiary alicyclic amines) is 1. The average Bonchev–Trinajstić information content (AvgIpc) is 3.39. The predicted octanol–water partition coefficient (Wildman–Crippen LogP) is 3.66. The van der Waals surface area contributed by atoms with Crippen LogP contribution in [-0.4, -0.2) is 51.7 Å². The molecule has 1 aromatic heterocycles. The summed E-state index contributed by atoms with van der Waals surface area (Å²) in [6, 6.07) is 4.10. The number of piperidine rings is 1. The third-order valence-corrected chi connectivity index (χ3v) is 6.44. The Hall–Kier alpha value is -3.50. The maximum Gasteiger partial charge on any atom is 0.416 e. The monoisotopic (exact) mass is 489 g/mol. The minimum atomic E-state index is -4.52. The van der Waals surface area contributed by atoms with Gasteiger partial charge in [0.1, 0.15) is 0 Å². The van der Waals surface area contributed by atoms with Gasteiger partial charge in [-0.15, -0.1) is 0 Å². The zero-order valence-electron chi connectivity index (χ0n) is 19.0. The zero-order valence-corrected chi connectivity index (χ0v) is 19.0. The average molecular weight is 489 g/mol. The first kappa shape index (κ1) is 24.6. The lowest BCUT2D eigenvalue weighted by atomic mass is 10.0. The van der Waals surface area contributed by atoms with Gasteiger partial charge < -0.3 is 15.5 Å². The van der Waals surface area contributed by atoms with Gasteiger partial charge in [-0.05, 0) is 43.9 Å². The molecule has 2 N–H and O–H groups in total. The molecule has 0 radical (unpaired) electrons. The summed E-state index contributed by atoms with van der Waals surface area (Å²) in [6.45, 7) is 0.567. The smallest absolute Gasteiger partial charge is 0.348 e. The predicted molar refractivity (Wildman–Crippen MR) is 120 cm³/mol. The van der Waals surface area contributed by atoms with Crippen LogP contribution in [0.4, 0.5) is 19.0 Å². The highest BCUT2D eigenvalue weighted by atomic mass is 19.4. The summed E-state index contributed by atoms with van der Waals surface area (Å²) in [7, 11) is 0. The van der Waals surface area contributed by atoms with Crippen molar-refractivity contribution in [1.29, 1.82) is 0 Å². The number of rotatable bonds is 5. The number of nitrogens with one attached hydrogen (secondary N) is 2. The van der Waals surface area contributed by atoms with Gasteiger partial charge >= 0.3 is 6.18 Å². The molecule has 1 aromatic carbocycles. The second-order valence-electron chi connectivity index (χ2n) is 8.84. The molecule has 3 amide bonds. The van der Waals surface area contributed by atoms with E-state index in [0.29, 0.717) is 12.8 Å². The number of carbonyl (C=O) groups excluding carboxylic acids is 3. The van der Waals surface area contributed by atoms with E-state index in [1.54, 1.807) is 0 Å². The number of amides is 3. The SMILES string of the molecule is O=C(NC1CCN(C(=O)c2cccc(C(F)(F)F)c2)CC1)c1nccnc1NC(=O)C1CCCC1. The molecule has 1 saturated carbocycles. The van der Waals surface area contributed by atoms with E-state index >= 15 is 0 Å². The molecule has 4 rings (SSSR count). The van der Waals surface area contributed by atoms with Crippen molar-refractivity contribution in [3.8, 4) is 0 Å². The van der Waals surface area contributed by atoms with E-state index in [-0.39, 0.29) is 48.0 Å². The number of nitrogens with zero attached hydrogens (tertiary/aromatic N) is 3. The van der Waals surface area contributed by atoms with Crippen molar-refractivity contribution in [2.75, 3.05) is 18.4 Å². The summed E-state index contributed by atoms with van der Waals surface area (Å²) in [6.07, 6.45) is 2.73. The van der Waals surface area contributed by atoms with E-state index in [0.717, 1.165) is 37.8 Å². The van der Waals surface area contributed by atoms with E-state index in [2.05, 4.69) is 20.6 Å². The Morgan fingerprint density at radius 3 is 2.34 bits per heavy atom. The van der Waals surface area contributed by atoms with Crippen LogP contribution in [0.25, 0.3) is 0 Å². The van der Waals surface area contributed by atoms with Gasteiger partial charge in [0, 0.05) is 43.0 Å². The highest BCUT2D eigenvalue weighted by Gasteiger charge is 2.32. The standard InChI is InChI=1S/C24H26F3N5O3/c25-24(26,27)17-7-3-6-16(14-17)23(35)32-12-8-18(9-13-32)30-22(34)19-20(29-11-10-28-19)31-21(33)15-4-1-2-5-15/h3,6-7,10-11,14-15,18H,1-2,4-5,8-9,12-13H2,(H,30,34)(H,29,31,33). The Morgan fingerprint density at radius 2 is 1.66 bits per heavy atom. The van der Waals surface area contributed by atoms with E-state index in [4.69, 9.17) is 0 Å². The van der Waals surface area contributed by atoms with E-state index in [1.807, 2.05) is 0 Å². The van der Waals surface area contributed by atoms with Crippen LogP contribution in [0.3, 0.4) is 0 Å². The van der Waals surface area contributed by atoms with Crippen molar-refractivity contribution in [3.63, 3.8) is 0 Å². The van der Waals surface area contributed by atoms with Crippen molar-refractivity contribution in [3.05, 3.63) is 53.5 Å². The minimum Gasteiger partial charge on any atom is -0.348 e.